The summed E-state index contributed by atoms with van der Waals surface area (Å²) in [6.45, 7) is 5.00. The monoisotopic (exact) mass is 1570 g/mol. The van der Waals surface area contributed by atoms with Crippen molar-refractivity contribution in [1.82, 2.24) is 85.1 Å². The van der Waals surface area contributed by atoms with Gasteiger partial charge in [0.25, 0.3) is 0 Å². The van der Waals surface area contributed by atoms with Crippen LogP contribution in [0.1, 0.15) is 122 Å². The fraction of sp³-hybridized carbons (Fsp3) is 0.567. The SMILES string of the molecule is CC[C@H](C)[C@@H](NC(=O)[C@@H](CCCNC(=N)N)NC(=O)[C@@H](CCCNC(=N)N)NC(=O)[C@@H](Cc1ccc(O)cc1)NC(=O)[C@@H](CCSC)NC(=O)[C@@H](CCCNC(=N)N)NC(=O)[C@@H](CCCNC(=N)N)NC(C)=O)C(=O)N[C@H](Cc1ccc(O)cc1)C(=O)N[C@H](CCCNC(=N)N)C(=O)N[C@H](CCCNC(=N)N)C(N)=O. The third kappa shape index (κ3) is 39.7. The number of amides is 11. The van der Waals surface area contributed by atoms with Crippen molar-refractivity contribution in [1.29, 1.82) is 32.5 Å². The fourth-order valence-corrected chi connectivity index (χ4v) is 11.3. The largest absolute Gasteiger partial charge is 0.508 e. The van der Waals surface area contributed by atoms with Gasteiger partial charge in [0.15, 0.2) is 35.8 Å². The summed E-state index contributed by atoms with van der Waals surface area (Å²) in [5, 5.41) is 108. The molecule has 0 bridgehead atoms. The summed E-state index contributed by atoms with van der Waals surface area (Å²) < 4.78 is 0. The van der Waals surface area contributed by atoms with Crippen molar-refractivity contribution in [2.24, 2.45) is 46.1 Å². The second-order valence-electron chi connectivity index (χ2n) is 25.9. The number of nitrogens with two attached hydrogens (primary N) is 7. The van der Waals surface area contributed by atoms with Gasteiger partial charge in [0.05, 0.1) is 0 Å². The average molecular weight is 1570 g/mol. The van der Waals surface area contributed by atoms with E-state index in [1.54, 1.807) is 20.1 Å². The molecule has 42 nitrogen and oxygen atoms in total. The first-order chi connectivity index (χ1) is 52.0. The Balaban J connectivity index is 2.75. The molecule has 0 saturated carbocycles. The molecule has 612 valence electrons. The number of phenolic OH excluding ortho intramolecular Hbond substituents is 2. The van der Waals surface area contributed by atoms with Crippen LogP contribution in [0.25, 0.3) is 0 Å². The summed E-state index contributed by atoms with van der Waals surface area (Å²) >= 11 is 1.31. The van der Waals surface area contributed by atoms with Gasteiger partial charge >= 0.3 is 0 Å². The highest BCUT2D eigenvalue weighted by Gasteiger charge is 2.37. The lowest BCUT2D eigenvalue weighted by Crippen LogP contribution is -2.61. The number of nitrogens with one attached hydrogen (secondary N) is 22. The van der Waals surface area contributed by atoms with Gasteiger partial charge in [-0.1, -0.05) is 44.5 Å². The van der Waals surface area contributed by atoms with Crippen LogP contribution in [0.2, 0.25) is 0 Å². The molecule has 0 aliphatic rings. The Kier molecular flexibility index (Phi) is 44.1. The van der Waals surface area contributed by atoms with E-state index < -0.39 is 143 Å². The van der Waals surface area contributed by atoms with Gasteiger partial charge in [-0.3, -0.25) is 85.2 Å². The second-order valence-corrected chi connectivity index (χ2v) is 26.9. The Bertz CT molecular complexity index is 3410. The van der Waals surface area contributed by atoms with E-state index in [1.165, 1.54) is 67.2 Å². The second kappa shape index (κ2) is 51.5. The molecule has 0 aliphatic heterocycles. The van der Waals surface area contributed by atoms with Gasteiger partial charge < -0.3 is 135 Å². The third-order valence-corrected chi connectivity index (χ3v) is 17.5. The number of hydrogen-bond donors (Lipinski definition) is 31. The van der Waals surface area contributed by atoms with Crippen LogP contribution >= 0.6 is 11.8 Å². The van der Waals surface area contributed by atoms with Crippen molar-refractivity contribution >= 4 is 112 Å². The lowest BCUT2D eigenvalue weighted by molar-refractivity contribution is -0.136. The van der Waals surface area contributed by atoms with Gasteiger partial charge in [0, 0.05) is 59.0 Å². The maximum Gasteiger partial charge on any atom is 0.243 e. The number of primary amides is 1. The highest BCUT2D eigenvalue weighted by molar-refractivity contribution is 7.98. The average Bonchev–Trinajstić information content (AvgIpc) is 0.837. The molecule has 43 heteroatoms. The number of carbonyl (C=O) groups excluding carboxylic acids is 11. The topological polar surface area (TPSA) is 746 Å². The summed E-state index contributed by atoms with van der Waals surface area (Å²) in [6, 6.07) is -3.08. The van der Waals surface area contributed by atoms with E-state index in [0.717, 1.165) is 0 Å². The Hall–Kier alpha value is -11.8. The maximum absolute atomic E-state index is 15.0. The molecule has 2 aromatic carbocycles. The minimum Gasteiger partial charge on any atom is -0.508 e. The van der Waals surface area contributed by atoms with Crippen LogP contribution in [0.4, 0.5) is 0 Å². The van der Waals surface area contributed by atoms with E-state index in [1.807, 2.05) is 0 Å². The third-order valence-electron chi connectivity index (χ3n) is 16.9. The van der Waals surface area contributed by atoms with E-state index in [9.17, 15) is 53.4 Å². The Morgan fingerprint density at radius 3 is 0.855 bits per heavy atom. The minimum absolute atomic E-state index is 0.000171. The van der Waals surface area contributed by atoms with Gasteiger partial charge in [-0.05, 0) is 137 Å². The van der Waals surface area contributed by atoms with Gasteiger partial charge in [0.2, 0.25) is 65.0 Å². The van der Waals surface area contributed by atoms with Crippen LogP contribution in [-0.2, 0) is 65.6 Å². The lowest BCUT2D eigenvalue weighted by Gasteiger charge is -2.30. The zero-order chi connectivity index (χ0) is 82.4. The highest BCUT2D eigenvalue weighted by Crippen LogP contribution is 2.17. The van der Waals surface area contributed by atoms with Crippen molar-refractivity contribution in [3.05, 3.63) is 59.7 Å². The number of carbonyl (C=O) groups is 11. The molecule has 0 saturated heterocycles. The van der Waals surface area contributed by atoms with Gasteiger partial charge in [-0.15, -0.1) is 0 Å². The van der Waals surface area contributed by atoms with Crippen LogP contribution in [-0.4, -0.2) is 223 Å². The van der Waals surface area contributed by atoms with Crippen LogP contribution in [0.15, 0.2) is 48.5 Å². The van der Waals surface area contributed by atoms with E-state index in [0.29, 0.717) is 11.1 Å². The number of hydrogen-bond acceptors (Lipinski definition) is 20. The van der Waals surface area contributed by atoms with E-state index in [-0.39, 0.29) is 183 Å². The maximum atomic E-state index is 15.0. The number of thioether (sulfide) groups is 1. The molecular formula is C67H115N29O13S. The van der Waals surface area contributed by atoms with Crippen LogP contribution in [0.3, 0.4) is 0 Å². The smallest absolute Gasteiger partial charge is 0.243 e. The Morgan fingerprint density at radius 1 is 0.355 bits per heavy atom. The summed E-state index contributed by atoms with van der Waals surface area (Å²) in [7, 11) is 0. The van der Waals surface area contributed by atoms with Crippen molar-refractivity contribution in [2.75, 3.05) is 51.3 Å². The fourth-order valence-electron chi connectivity index (χ4n) is 10.8. The van der Waals surface area contributed by atoms with Gasteiger partial charge in [0.1, 0.15) is 71.9 Å². The number of phenols is 2. The summed E-state index contributed by atoms with van der Waals surface area (Å²) in [5.74, 6) is -12.5. The van der Waals surface area contributed by atoms with Crippen LogP contribution < -0.4 is 125 Å². The van der Waals surface area contributed by atoms with Crippen LogP contribution in [0.5, 0.6) is 11.5 Å². The van der Waals surface area contributed by atoms with Crippen LogP contribution in [0, 0.1) is 38.4 Å². The zero-order valence-corrected chi connectivity index (χ0v) is 63.4. The highest BCUT2D eigenvalue weighted by atomic mass is 32.2. The molecule has 0 aliphatic carbocycles. The zero-order valence-electron chi connectivity index (χ0n) is 62.6. The minimum atomic E-state index is -1.58. The molecule has 38 N–H and O–H groups in total. The van der Waals surface area contributed by atoms with E-state index in [2.05, 4.69) is 85.1 Å². The Labute approximate surface area is 642 Å². The van der Waals surface area contributed by atoms with Crippen molar-refractivity contribution in [2.45, 2.75) is 184 Å². The molecule has 0 radical (unpaired) electrons. The normalized spacial score (nSPS) is 13.8. The molecular weight excluding hydrogens is 1450 g/mol. The molecule has 0 unspecified atom stereocenters. The number of aromatic hydroxyl groups is 2. The lowest BCUT2D eigenvalue weighted by atomic mass is 9.96. The number of rotatable bonds is 53. The first-order valence-electron chi connectivity index (χ1n) is 35.9. The van der Waals surface area contributed by atoms with Crippen molar-refractivity contribution in [3.8, 4) is 11.5 Å². The van der Waals surface area contributed by atoms with Crippen molar-refractivity contribution < 1.29 is 63.0 Å². The summed E-state index contributed by atoms with van der Waals surface area (Å²) in [6.07, 6.45) is 1.64. The molecule has 0 fully saturated rings. The molecule has 110 heavy (non-hydrogen) atoms. The number of benzene rings is 2. The predicted octanol–water partition coefficient (Wildman–Crippen LogP) is -6.38. The molecule has 11 amide bonds. The number of guanidine groups is 6. The summed E-state index contributed by atoms with van der Waals surface area (Å²) in [5.41, 5.74) is 39.4. The van der Waals surface area contributed by atoms with Gasteiger partial charge in [-0.2, -0.15) is 11.8 Å². The molecule has 2 aromatic rings. The van der Waals surface area contributed by atoms with Gasteiger partial charge in [-0.25, -0.2) is 0 Å². The molecule has 0 aromatic heterocycles. The first-order valence-corrected chi connectivity index (χ1v) is 37.2. The standard InChI is InChI=1S/C67H115N29O13S/c1-5-36(2)51(61(109)95-50(35-39-20-24-41(99)25-21-39)60(108)91-44(14-8-29-83-64(73)74)54(102)88-42(52(68)100)12-6-27-81-62(69)70)96-58(106)47(17-11-32-86-67(79)80)90-55(103)46(16-10-31-85-66(77)78)92-59(107)49(34-38-18-22-40(98)23-19-38)94-57(105)48(26-33-110-4)93-56(104)45(15-9-30-84-65(75)76)89-53(101)43(87-37(3)97)13-7-28-82-63(71)72/h18-25,36,42-51,98-99H,5-17,26-35H2,1-4H3,(H2,68,100)(H,87,97)(H,88,102)(H,89,101)(H,90,103)(H,91,108)(H,92,107)(H,93,104)(H,94,105)(H,95,109)(H,96,106)(H4,69,70,81)(H4,71,72,82)(H4,73,74,83)(H4,75,76,84)(H4,77,78,85)(H4,79,80,86)/t36-,42+,43+,44+,45+,46+,47+,48+,49+,50+,51+/m0/s1. The Morgan fingerprint density at radius 2 is 0.591 bits per heavy atom. The van der Waals surface area contributed by atoms with E-state index in [4.69, 9.17) is 72.6 Å². The molecule has 11 atom stereocenters. The summed E-state index contributed by atoms with van der Waals surface area (Å²) in [4.78, 5) is 157. The molecule has 0 spiro atoms. The van der Waals surface area contributed by atoms with Crippen molar-refractivity contribution in [3.63, 3.8) is 0 Å². The van der Waals surface area contributed by atoms with E-state index >= 15 is 9.59 Å². The first kappa shape index (κ1) is 94.3. The predicted molar refractivity (Wildman–Crippen MR) is 415 cm³/mol. The quantitative estimate of drug-likeness (QED) is 0.0166. The molecule has 0 heterocycles. The molecule has 2 rings (SSSR count).